The minimum absolute atomic E-state index is 0.766. The van der Waals surface area contributed by atoms with Gasteiger partial charge in [0.15, 0.2) is 0 Å². The number of ether oxygens (including phenoxy) is 1. The van der Waals surface area contributed by atoms with E-state index in [2.05, 4.69) is 20.9 Å². The molecule has 1 aliphatic rings. The fourth-order valence-electron chi connectivity index (χ4n) is 0.341. The molecule has 0 aliphatic carbocycles. The van der Waals surface area contributed by atoms with Crippen molar-refractivity contribution in [1.82, 2.24) is 5.32 Å². The van der Waals surface area contributed by atoms with Crippen LogP contribution in [0.4, 0.5) is 0 Å². The van der Waals surface area contributed by atoms with E-state index in [1.165, 1.54) is 0 Å². The maximum atomic E-state index is 4.88. The molecule has 0 radical (unpaired) electrons. The van der Waals surface area contributed by atoms with Crippen molar-refractivity contribution in [3.63, 3.8) is 0 Å². The average molecular weight is 126 g/mol. The first kappa shape index (κ1) is 4.47. The third kappa shape index (κ3) is 0.883. The molecule has 35 valence electrons. The summed E-state index contributed by atoms with van der Waals surface area (Å²) in [7, 11) is 0. The molecule has 2 nitrogen and oxygen atoms in total. The van der Waals surface area contributed by atoms with Gasteiger partial charge in [0.2, 0.25) is 0 Å². The summed E-state index contributed by atoms with van der Waals surface area (Å²) in [5, 5.41) is 2.93. The van der Waals surface area contributed by atoms with Crippen LogP contribution in [-0.4, -0.2) is 17.9 Å². The van der Waals surface area contributed by atoms with Crippen LogP contribution in [0.5, 0.6) is 0 Å². The maximum absolute atomic E-state index is 4.88. The molecule has 3 heteroatoms. The number of nitrogens with one attached hydrogen (secondary N) is 1. The summed E-state index contributed by atoms with van der Waals surface area (Å²) >= 11 is 3.12. The molecule has 0 atom stereocenters. The predicted octanol–water partition coefficient (Wildman–Crippen LogP) is -0.760. The van der Waals surface area contributed by atoms with Crippen molar-refractivity contribution >= 4 is 4.73 Å². The van der Waals surface area contributed by atoms with Gasteiger partial charge in [0.25, 0.3) is 0 Å². The van der Waals surface area contributed by atoms with Gasteiger partial charge in [-0.3, -0.25) is 0 Å². The Bertz CT molecular complexity index is 65.2. The van der Waals surface area contributed by atoms with Crippen LogP contribution in [0.1, 0.15) is 0 Å². The van der Waals surface area contributed by atoms with Crippen LogP contribution in [0.3, 0.4) is 0 Å². The van der Waals surface area contributed by atoms with E-state index >= 15 is 0 Å². The van der Waals surface area contributed by atoms with Crippen LogP contribution < -0.4 is 5.32 Å². The second-order valence-electron chi connectivity index (χ2n) is 1.05. The van der Waals surface area contributed by atoms with E-state index < -0.39 is 0 Å². The van der Waals surface area contributed by atoms with E-state index in [0.29, 0.717) is 0 Å². The molecule has 0 aromatic carbocycles. The summed E-state index contributed by atoms with van der Waals surface area (Å²) in [6.07, 6.45) is 0. The van der Waals surface area contributed by atoms with Crippen molar-refractivity contribution < 1.29 is 20.3 Å². The van der Waals surface area contributed by atoms with Crippen LogP contribution in [0.15, 0.2) is 0 Å². The summed E-state index contributed by atoms with van der Waals surface area (Å²) in [5.41, 5.74) is 0. The molecule has 0 unspecified atom stereocenters. The van der Waals surface area contributed by atoms with Gasteiger partial charge in [-0.05, 0) is 0 Å². The number of rotatable bonds is 0. The van der Waals surface area contributed by atoms with Crippen LogP contribution in [0, 0.1) is 0 Å². The Morgan fingerprint density at radius 2 is 2.67 bits per heavy atom. The standard InChI is InChI=1S/C3H5NO.Mn/c1-2-5-3-4-1;/h4H,1-2H2;. The Kier molecular flexibility index (Phi) is 1.37. The molecule has 0 saturated carbocycles. The van der Waals surface area contributed by atoms with E-state index in [1.807, 2.05) is 0 Å². The average Bonchev–Trinajstić information content (AvgIpc) is 1.86. The van der Waals surface area contributed by atoms with Crippen LogP contribution >= 0.6 is 0 Å². The molecule has 0 aromatic heterocycles. The van der Waals surface area contributed by atoms with Crippen molar-refractivity contribution in [2.24, 2.45) is 0 Å². The zero-order valence-electron chi connectivity index (χ0n) is 3.20. The summed E-state index contributed by atoms with van der Waals surface area (Å²) in [6, 6.07) is 0. The molecule has 1 saturated heterocycles. The van der Waals surface area contributed by atoms with Gasteiger partial charge in [-0.25, -0.2) is 0 Å². The third-order valence-corrected chi connectivity index (χ3v) is 0.974. The molecular formula is C3H5MnNO. The van der Waals surface area contributed by atoms with Crippen molar-refractivity contribution in [2.45, 2.75) is 0 Å². The van der Waals surface area contributed by atoms with E-state index in [1.54, 1.807) is 0 Å². The third-order valence-electron chi connectivity index (χ3n) is 0.595. The molecule has 0 spiro atoms. The fraction of sp³-hybridized carbons (Fsp3) is 0.667. The van der Waals surface area contributed by atoms with E-state index in [0.717, 1.165) is 17.9 Å². The summed E-state index contributed by atoms with van der Waals surface area (Å²) < 4.78 is 5.64. The van der Waals surface area contributed by atoms with Crippen molar-refractivity contribution in [3.05, 3.63) is 0 Å². The van der Waals surface area contributed by atoms with Gasteiger partial charge in [0, 0.05) is 0 Å². The first-order valence-corrected chi connectivity index (χ1v) is 2.38. The van der Waals surface area contributed by atoms with E-state index in [9.17, 15) is 0 Å². The first-order valence-electron chi connectivity index (χ1n) is 1.79. The van der Waals surface area contributed by atoms with Crippen molar-refractivity contribution in [2.75, 3.05) is 13.2 Å². The number of hydrogen-bond donors (Lipinski definition) is 1. The van der Waals surface area contributed by atoms with Gasteiger partial charge >= 0.3 is 43.5 Å². The molecule has 0 aromatic rings. The second-order valence-corrected chi connectivity index (χ2v) is 1.59. The quantitative estimate of drug-likeness (QED) is 0.431. The second kappa shape index (κ2) is 1.85. The van der Waals surface area contributed by atoms with Crippen LogP contribution in [0.2, 0.25) is 0 Å². The monoisotopic (exact) mass is 126 g/mol. The van der Waals surface area contributed by atoms with Gasteiger partial charge < -0.3 is 0 Å². The summed E-state index contributed by atoms with van der Waals surface area (Å²) in [4.78, 5) is 0. The Balaban J connectivity index is 2.37. The molecule has 1 N–H and O–H groups in total. The summed E-state index contributed by atoms with van der Waals surface area (Å²) in [6.45, 7) is 1.72. The molecular weight excluding hydrogens is 121 g/mol. The Labute approximate surface area is 44.2 Å². The zero-order valence-corrected chi connectivity index (χ0v) is 4.38. The number of hydrogen-bond acceptors (Lipinski definition) is 2. The van der Waals surface area contributed by atoms with Gasteiger partial charge in [0.05, 0.1) is 0 Å². The van der Waals surface area contributed by atoms with Crippen molar-refractivity contribution in [1.29, 1.82) is 0 Å². The molecule has 1 fully saturated rings. The molecule has 0 bridgehead atoms. The fourth-order valence-corrected chi connectivity index (χ4v) is 0.609. The predicted molar refractivity (Wildman–Crippen MR) is 19.0 cm³/mol. The van der Waals surface area contributed by atoms with Gasteiger partial charge in [-0.2, -0.15) is 0 Å². The van der Waals surface area contributed by atoms with E-state index in [4.69, 9.17) is 4.74 Å². The molecule has 1 rings (SSSR count). The first-order chi connectivity index (χ1) is 2.89. The SMILES string of the molecule is [Mn]=[C]1NCCO1. The topological polar surface area (TPSA) is 21.3 Å². The molecule has 1 aliphatic heterocycles. The van der Waals surface area contributed by atoms with Gasteiger partial charge in [-0.15, -0.1) is 0 Å². The molecule has 1 heterocycles. The van der Waals surface area contributed by atoms with Crippen molar-refractivity contribution in [3.8, 4) is 0 Å². The van der Waals surface area contributed by atoms with Crippen LogP contribution in [-0.2, 0) is 20.3 Å². The zero-order chi connectivity index (χ0) is 4.41. The van der Waals surface area contributed by atoms with Crippen LogP contribution in [0.25, 0.3) is 0 Å². The molecule has 6 heavy (non-hydrogen) atoms. The Hall–Kier alpha value is 0.309. The van der Waals surface area contributed by atoms with Gasteiger partial charge in [0.1, 0.15) is 0 Å². The Morgan fingerprint density at radius 3 is 2.83 bits per heavy atom. The van der Waals surface area contributed by atoms with Gasteiger partial charge in [-0.1, -0.05) is 0 Å². The summed E-state index contributed by atoms with van der Waals surface area (Å²) in [5.74, 6) is 0. The van der Waals surface area contributed by atoms with E-state index in [-0.39, 0.29) is 0 Å². The minimum atomic E-state index is 0.766. The molecule has 0 amide bonds. The normalized spacial score (nSPS) is 22.3. The Morgan fingerprint density at radius 1 is 1.83 bits per heavy atom.